The van der Waals surface area contributed by atoms with Gasteiger partial charge in [0.25, 0.3) is 0 Å². The zero-order valence-electron chi connectivity index (χ0n) is 15.9. The predicted octanol–water partition coefficient (Wildman–Crippen LogP) is 3.90. The quantitative estimate of drug-likeness (QED) is 0.407. The molecular formula is C21H29N3O2. The van der Waals surface area contributed by atoms with Crippen LogP contribution in [0.25, 0.3) is 0 Å². The smallest absolute Gasteiger partial charge is 0.193 e. The number of hydrogen-bond acceptors (Lipinski definition) is 3. The number of rotatable bonds is 9. The average molecular weight is 355 g/mol. The number of aliphatic imine (C=N–C) groups is 1. The van der Waals surface area contributed by atoms with Gasteiger partial charge in [-0.3, -0.25) is 0 Å². The van der Waals surface area contributed by atoms with Gasteiger partial charge in [0.1, 0.15) is 12.4 Å². The van der Waals surface area contributed by atoms with Crippen LogP contribution in [-0.4, -0.2) is 25.8 Å². The van der Waals surface area contributed by atoms with Gasteiger partial charge in [-0.2, -0.15) is 0 Å². The highest BCUT2D eigenvalue weighted by molar-refractivity contribution is 5.92. The van der Waals surface area contributed by atoms with Crippen LogP contribution in [0.2, 0.25) is 0 Å². The average Bonchev–Trinajstić information content (AvgIpc) is 2.64. The maximum atomic E-state index is 6.04. The van der Waals surface area contributed by atoms with Crippen molar-refractivity contribution in [2.24, 2.45) is 10.7 Å². The summed E-state index contributed by atoms with van der Waals surface area (Å²) in [6.07, 6.45) is 0.985. The highest BCUT2D eigenvalue weighted by atomic mass is 16.5. The number of anilines is 1. The van der Waals surface area contributed by atoms with E-state index in [1.54, 1.807) is 0 Å². The van der Waals surface area contributed by atoms with Gasteiger partial charge in [0.15, 0.2) is 5.96 Å². The van der Waals surface area contributed by atoms with E-state index in [9.17, 15) is 0 Å². The number of guanidine groups is 1. The number of benzene rings is 2. The predicted molar refractivity (Wildman–Crippen MR) is 108 cm³/mol. The van der Waals surface area contributed by atoms with Crippen LogP contribution < -0.4 is 15.8 Å². The van der Waals surface area contributed by atoms with Crippen LogP contribution in [0.4, 0.5) is 5.69 Å². The van der Waals surface area contributed by atoms with E-state index in [0.29, 0.717) is 32.3 Å². The number of hydrogen-bond donors (Lipinski definition) is 2. The Kier molecular flexibility index (Phi) is 7.96. The van der Waals surface area contributed by atoms with E-state index in [2.05, 4.69) is 35.4 Å². The minimum atomic E-state index is 0.388. The molecule has 26 heavy (non-hydrogen) atoms. The number of ether oxygens (including phenoxy) is 2. The molecule has 2 rings (SSSR count). The second-order valence-electron chi connectivity index (χ2n) is 6.04. The second-order valence-corrected chi connectivity index (χ2v) is 6.04. The lowest BCUT2D eigenvalue weighted by molar-refractivity contribution is 0.110. The van der Waals surface area contributed by atoms with E-state index >= 15 is 0 Å². The fourth-order valence-electron chi connectivity index (χ4n) is 2.51. The van der Waals surface area contributed by atoms with Gasteiger partial charge >= 0.3 is 0 Å². The molecule has 0 heterocycles. The van der Waals surface area contributed by atoms with Gasteiger partial charge in [0.2, 0.25) is 0 Å². The van der Waals surface area contributed by atoms with Crippen molar-refractivity contribution in [2.75, 3.05) is 25.1 Å². The molecule has 5 nitrogen and oxygen atoms in total. The van der Waals surface area contributed by atoms with Crippen LogP contribution in [0, 0.1) is 6.92 Å². The van der Waals surface area contributed by atoms with Gasteiger partial charge in [-0.15, -0.1) is 0 Å². The van der Waals surface area contributed by atoms with Crippen LogP contribution in [0.5, 0.6) is 5.75 Å². The molecule has 0 atom stereocenters. The fourth-order valence-corrected chi connectivity index (χ4v) is 2.51. The largest absolute Gasteiger partial charge is 0.491 e. The Morgan fingerprint density at radius 1 is 1.12 bits per heavy atom. The highest BCUT2D eigenvalue weighted by Crippen LogP contribution is 2.21. The zero-order chi connectivity index (χ0) is 18.8. The SMILES string of the molecule is CCOCCOc1cc(C)ccc1CN=C(N)Nc1cccc(CC)c1. The maximum Gasteiger partial charge on any atom is 0.193 e. The van der Waals surface area contributed by atoms with Crippen molar-refractivity contribution < 1.29 is 9.47 Å². The molecule has 140 valence electrons. The van der Waals surface area contributed by atoms with Crippen LogP contribution >= 0.6 is 0 Å². The van der Waals surface area contributed by atoms with Crippen LogP contribution in [0.1, 0.15) is 30.5 Å². The third kappa shape index (κ3) is 6.41. The Balaban J connectivity index is 2.01. The molecule has 0 spiro atoms. The molecule has 0 aliphatic rings. The van der Waals surface area contributed by atoms with Gasteiger partial charge in [-0.05, 0) is 49.6 Å². The first-order chi connectivity index (χ1) is 12.6. The van der Waals surface area contributed by atoms with Crippen molar-refractivity contribution in [3.05, 3.63) is 59.2 Å². The molecule has 2 aromatic carbocycles. The normalized spacial score (nSPS) is 11.4. The Morgan fingerprint density at radius 2 is 1.96 bits per heavy atom. The summed E-state index contributed by atoms with van der Waals surface area (Å²) in [5, 5.41) is 3.14. The van der Waals surface area contributed by atoms with E-state index in [-0.39, 0.29) is 0 Å². The highest BCUT2D eigenvalue weighted by Gasteiger charge is 2.05. The lowest BCUT2D eigenvalue weighted by atomic mass is 10.1. The molecule has 0 aromatic heterocycles. The molecule has 0 radical (unpaired) electrons. The lowest BCUT2D eigenvalue weighted by Gasteiger charge is -2.12. The summed E-state index contributed by atoms with van der Waals surface area (Å²) >= 11 is 0. The first-order valence-corrected chi connectivity index (χ1v) is 9.08. The Hall–Kier alpha value is -2.53. The monoisotopic (exact) mass is 355 g/mol. The Labute approximate surface area is 156 Å². The molecule has 0 saturated heterocycles. The van der Waals surface area contributed by atoms with E-state index in [1.807, 2.05) is 38.1 Å². The van der Waals surface area contributed by atoms with Crippen molar-refractivity contribution >= 4 is 11.6 Å². The zero-order valence-corrected chi connectivity index (χ0v) is 15.9. The van der Waals surface area contributed by atoms with E-state index in [0.717, 1.165) is 29.0 Å². The van der Waals surface area contributed by atoms with E-state index in [4.69, 9.17) is 15.2 Å². The van der Waals surface area contributed by atoms with Crippen molar-refractivity contribution in [3.63, 3.8) is 0 Å². The molecule has 0 unspecified atom stereocenters. The van der Waals surface area contributed by atoms with E-state index < -0.39 is 0 Å². The third-order valence-corrected chi connectivity index (χ3v) is 3.94. The summed E-state index contributed by atoms with van der Waals surface area (Å²) in [5.41, 5.74) is 10.4. The lowest BCUT2D eigenvalue weighted by Crippen LogP contribution is -2.22. The standard InChI is InChI=1S/C21H29N3O2/c1-4-17-7-6-8-19(14-17)24-21(22)23-15-18-10-9-16(3)13-20(18)26-12-11-25-5-2/h6-10,13-14H,4-5,11-12,15H2,1-3H3,(H3,22,23,24). The molecule has 3 N–H and O–H groups in total. The molecular weight excluding hydrogens is 326 g/mol. The molecule has 0 saturated carbocycles. The fraction of sp³-hybridized carbons (Fsp3) is 0.381. The van der Waals surface area contributed by atoms with Gasteiger partial charge in [-0.1, -0.05) is 31.2 Å². The first kappa shape index (κ1) is 19.8. The minimum Gasteiger partial charge on any atom is -0.491 e. The number of nitrogens with two attached hydrogens (primary N) is 1. The molecule has 0 aliphatic heterocycles. The molecule has 2 aromatic rings. The number of aryl methyl sites for hydroxylation is 2. The first-order valence-electron chi connectivity index (χ1n) is 9.08. The van der Waals surface area contributed by atoms with Crippen LogP contribution in [0.3, 0.4) is 0 Å². The summed E-state index contributed by atoms with van der Waals surface area (Å²) in [5.74, 6) is 1.22. The van der Waals surface area contributed by atoms with Crippen molar-refractivity contribution in [3.8, 4) is 5.75 Å². The molecule has 0 aliphatic carbocycles. The Morgan fingerprint density at radius 3 is 2.73 bits per heavy atom. The summed E-state index contributed by atoms with van der Waals surface area (Å²) in [6.45, 7) is 8.38. The second kappa shape index (κ2) is 10.5. The van der Waals surface area contributed by atoms with Crippen molar-refractivity contribution in [1.82, 2.24) is 0 Å². The summed E-state index contributed by atoms with van der Waals surface area (Å²) in [7, 11) is 0. The summed E-state index contributed by atoms with van der Waals surface area (Å²) in [4.78, 5) is 4.45. The molecule has 0 fully saturated rings. The van der Waals surface area contributed by atoms with Gasteiger partial charge in [0.05, 0.1) is 13.2 Å². The molecule has 0 bridgehead atoms. The van der Waals surface area contributed by atoms with Gasteiger partial charge in [0, 0.05) is 17.9 Å². The maximum absolute atomic E-state index is 6.04. The number of nitrogens with one attached hydrogen (secondary N) is 1. The van der Waals surface area contributed by atoms with Crippen LogP contribution in [0.15, 0.2) is 47.5 Å². The van der Waals surface area contributed by atoms with Gasteiger partial charge < -0.3 is 20.5 Å². The van der Waals surface area contributed by atoms with Crippen LogP contribution in [-0.2, 0) is 17.7 Å². The minimum absolute atomic E-state index is 0.388. The number of nitrogens with zero attached hydrogens (tertiary/aromatic N) is 1. The topological polar surface area (TPSA) is 68.9 Å². The summed E-state index contributed by atoms with van der Waals surface area (Å²) < 4.78 is 11.2. The molecule has 0 amide bonds. The molecule has 5 heteroatoms. The van der Waals surface area contributed by atoms with Crippen molar-refractivity contribution in [2.45, 2.75) is 33.7 Å². The van der Waals surface area contributed by atoms with Crippen molar-refractivity contribution in [1.29, 1.82) is 0 Å². The van der Waals surface area contributed by atoms with E-state index in [1.165, 1.54) is 5.56 Å². The van der Waals surface area contributed by atoms with Gasteiger partial charge in [-0.25, -0.2) is 4.99 Å². The third-order valence-electron chi connectivity index (χ3n) is 3.94. The Bertz CT molecular complexity index is 729. The summed E-state index contributed by atoms with van der Waals surface area (Å²) in [6, 6.07) is 14.3.